The van der Waals surface area contributed by atoms with Crippen molar-refractivity contribution in [2.75, 3.05) is 18.5 Å². The molecule has 0 aliphatic rings. The summed E-state index contributed by atoms with van der Waals surface area (Å²) in [5.74, 6) is -0.812. The maximum Gasteiger partial charge on any atom is 0.411 e. The van der Waals surface area contributed by atoms with Gasteiger partial charge in [-0.15, -0.1) is 0 Å². The average molecular weight is 394 g/mol. The molecule has 0 heterocycles. The van der Waals surface area contributed by atoms with Crippen LogP contribution in [0.2, 0.25) is 0 Å². The quantitative estimate of drug-likeness (QED) is 0.718. The molecule has 2 rings (SSSR count). The summed E-state index contributed by atoms with van der Waals surface area (Å²) in [4.78, 5) is 24.1. The zero-order valence-corrected chi connectivity index (χ0v) is 15.3. The molecule has 0 unspecified atom stereocenters. The van der Waals surface area contributed by atoms with Crippen molar-refractivity contribution in [3.8, 4) is 0 Å². The van der Waals surface area contributed by atoms with E-state index in [-0.39, 0.29) is 19.1 Å². The Balaban J connectivity index is 1.81. The Morgan fingerprint density at radius 1 is 1.04 bits per heavy atom. The minimum absolute atomic E-state index is 0.201. The molecule has 0 bridgehead atoms. The van der Waals surface area contributed by atoms with Crippen LogP contribution in [0, 0.1) is 0 Å². The van der Waals surface area contributed by atoms with Gasteiger partial charge < -0.3 is 15.4 Å². The van der Waals surface area contributed by atoms with Crippen LogP contribution in [-0.2, 0) is 22.6 Å². The van der Waals surface area contributed by atoms with Gasteiger partial charge in [0.15, 0.2) is 0 Å². The number of carbonyl (C=O) groups is 2. The van der Waals surface area contributed by atoms with Gasteiger partial charge in [-0.2, -0.15) is 13.2 Å². The van der Waals surface area contributed by atoms with E-state index in [1.165, 1.54) is 24.3 Å². The van der Waals surface area contributed by atoms with Crippen LogP contribution in [0.3, 0.4) is 0 Å². The molecule has 2 N–H and O–H groups in total. The maximum absolute atomic E-state index is 12.1. The highest BCUT2D eigenvalue weighted by molar-refractivity contribution is 5.99. The molecule has 8 heteroatoms. The minimum atomic E-state index is -4.38. The fourth-order valence-corrected chi connectivity index (χ4v) is 2.44. The molecule has 28 heavy (non-hydrogen) atoms. The zero-order chi connectivity index (χ0) is 20.6. The van der Waals surface area contributed by atoms with Gasteiger partial charge in [0, 0.05) is 11.3 Å². The van der Waals surface area contributed by atoms with E-state index in [0.29, 0.717) is 16.8 Å². The molecular formula is C20H21F3N2O3. The van der Waals surface area contributed by atoms with Crippen LogP contribution in [0.5, 0.6) is 0 Å². The number of amides is 2. The number of alkyl halides is 3. The first-order chi connectivity index (χ1) is 13.3. The number of ether oxygens (including phenoxy) is 1. The van der Waals surface area contributed by atoms with Crippen LogP contribution >= 0.6 is 0 Å². The van der Waals surface area contributed by atoms with E-state index in [9.17, 15) is 22.8 Å². The second kappa shape index (κ2) is 9.89. The van der Waals surface area contributed by atoms with Crippen LogP contribution in [0.4, 0.5) is 18.9 Å². The molecule has 5 nitrogen and oxygen atoms in total. The van der Waals surface area contributed by atoms with Crippen molar-refractivity contribution in [3.05, 3.63) is 65.2 Å². The van der Waals surface area contributed by atoms with E-state index in [2.05, 4.69) is 15.4 Å². The van der Waals surface area contributed by atoms with E-state index in [1.54, 1.807) is 6.07 Å². The first kappa shape index (κ1) is 21.4. The third-order valence-corrected chi connectivity index (χ3v) is 3.83. The van der Waals surface area contributed by atoms with Crippen LogP contribution in [0.15, 0.2) is 48.5 Å². The van der Waals surface area contributed by atoms with E-state index < -0.39 is 18.7 Å². The first-order valence-corrected chi connectivity index (χ1v) is 8.68. The topological polar surface area (TPSA) is 67.4 Å². The van der Waals surface area contributed by atoms with Crippen molar-refractivity contribution in [2.45, 2.75) is 26.1 Å². The fraction of sp³-hybridized carbons (Fsp3) is 0.300. The molecule has 0 saturated carbocycles. The highest BCUT2D eigenvalue weighted by atomic mass is 19.4. The predicted octanol–water partition coefficient (Wildman–Crippen LogP) is 3.70. The van der Waals surface area contributed by atoms with Gasteiger partial charge >= 0.3 is 6.18 Å². The molecule has 0 atom stereocenters. The summed E-state index contributed by atoms with van der Waals surface area (Å²) in [7, 11) is 0. The third-order valence-electron chi connectivity index (χ3n) is 3.83. The van der Waals surface area contributed by atoms with Crippen LogP contribution in [0.1, 0.15) is 28.4 Å². The summed E-state index contributed by atoms with van der Waals surface area (Å²) in [5, 5.41) is 5.26. The Labute approximate surface area is 160 Å². The molecule has 0 saturated heterocycles. The predicted molar refractivity (Wildman–Crippen MR) is 98.9 cm³/mol. The summed E-state index contributed by atoms with van der Waals surface area (Å²) in [6, 6.07) is 13.3. The smallest absolute Gasteiger partial charge is 0.367 e. The van der Waals surface area contributed by atoms with Crippen LogP contribution < -0.4 is 10.6 Å². The number of benzene rings is 2. The van der Waals surface area contributed by atoms with Crippen molar-refractivity contribution in [1.29, 1.82) is 0 Å². The molecule has 2 aromatic carbocycles. The van der Waals surface area contributed by atoms with E-state index >= 15 is 0 Å². The van der Waals surface area contributed by atoms with Gasteiger partial charge in [-0.1, -0.05) is 37.3 Å². The molecule has 0 spiro atoms. The van der Waals surface area contributed by atoms with Gasteiger partial charge in [0.25, 0.3) is 5.91 Å². The maximum atomic E-state index is 12.1. The van der Waals surface area contributed by atoms with Crippen molar-refractivity contribution in [3.63, 3.8) is 0 Å². The van der Waals surface area contributed by atoms with E-state index in [0.717, 1.165) is 12.0 Å². The summed E-state index contributed by atoms with van der Waals surface area (Å²) in [6.45, 7) is 0.240. The molecule has 150 valence electrons. The summed E-state index contributed by atoms with van der Waals surface area (Å²) in [5.41, 5.74) is 2.49. The fourth-order valence-electron chi connectivity index (χ4n) is 2.44. The van der Waals surface area contributed by atoms with Gasteiger partial charge in [-0.3, -0.25) is 9.59 Å². The number of hydrogen-bond acceptors (Lipinski definition) is 3. The molecule has 0 radical (unpaired) electrons. The second-order valence-electron chi connectivity index (χ2n) is 6.05. The van der Waals surface area contributed by atoms with Crippen molar-refractivity contribution >= 4 is 17.5 Å². The zero-order valence-electron chi connectivity index (χ0n) is 15.3. The van der Waals surface area contributed by atoms with Gasteiger partial charge in [0.05, 0.1) is 13.2 Å². The lowest BCUT2D eigenvalue weighted by Gasteiger charge is -2.11. The van der Waals surface area contributed by atoms with Crippen molar-refractivity contribution in [2.24, 2.45) is 0 Å². The number of aryl methyl sites for hydroxylation is 1. The normalized spacial score (nSPS) is 11.1. The Kier molecular flexibility index (Phi) is 7.57. The number of rotatable bonds is 8. The van der Waals surface area contributed by atoms with E-state index in [1.807, 2.05) is 25.1 Å². The Bertz CT molecular complexity index is 805. The molecule has 0 aliphatic heterocycles. The lowest BCUT2D eigenvalue weighted by molar-refractivity contribution is -0.176. The lowest BCUT2D eigenvalue weighted by atomic mass is 10.1. The number of carbonyl (C=O) groups excluding carboxylic acids is 2. The number of para-hydroxylation sites is 1. The second-order valence-corrected chi connectivity index (χ2v) is 6.05. The van der Waals surface area contributed by atoms with Gasteiger partial charge in [-0.25, -0.2) is 0 Å². The molecule has 0 aliphatic carbocycles. The SMILES string of the molecule is CCc1ccccc1NC(=O)CNC(=O)c1ccc(COCC(F)(F)F)cc1. The van der Waals surface area contributed by atoms with Gasteiger partial charge in [-0.05, 0) is 35.7 Å². The van der Waals surface area contributed by atoms with E-state index in [4.69, 9.17) is 0 Å². The molecule has 0 fully saturated rings. The largest absolute Gasteiger partial charge is 0.411 e. The van der Waals surface area contributed by atoms with Crippen molar-refractivity contribution in [1.82, 2.24) is 5.32 Å². The van der Waals surface area contributed by atoms with Crippen molar-refractivity contribution < 1.29 is 27.5 Å². The monoisotopic (exact) mass is 394 g/mol. The standard InChI is InChI=1S/C20H21F3N2O3/c1-2-15-5-3-4-6-17(15)25-18(26)11-24-19(27)16-9-7-14(8-10-16)12-28-13-20(21,22)23/h3-10H,2,11-13H2,1H3,(H,24,27)(H,25,26). The summed E-state index contributed by atoms with van der Waals surface area (Å²) in [6.07, 6.45) is -3.61. The highest BCUT2D eigenvalue weighted by Crippen LogP contribution is 2.16. The third kappa shape index (κ3) is 7.03. The van der Waals surface area contributed by atoms with Crippen LogP contribution in [0.25, 0.3) is 0 Å². The number of nitrogens with one attached hydrogen (secondary N) is 2. The first-order valence-electron chi connectivity index (χ1n) is 8.68. The minimum Gasteiger partial charge on any atom is -0.367 e. The number of halogens is 3. The Hall–Kier alpha value is -2.87. The summed E-state index contributed by atoms with van der Waals surface area (Å²) >= 11 is 0. The molecule has 2 aromatic rings. The highest BCUT2D eigenvalue weighted by Gasteiger charge is 2.27. The molecular weight excluding hydrogens is 373 g/mol. The number of anilines is 1. The lowest BCUT2D eigenvalue weighted by Crippen LogP contribution is -2.33. The Morgan fingerprint density at radius 2 is 1.71 bits per heavy atom. The molecule has 2 amide bonds. The van der Waals surface area contributed by atoms with Gasteiger partial charge in [0.1, 0.15) is 6.61 Å². The summed E-state index contributed by atoms with van der Waals surface area (Å²) < 4.78 is 40.7. The van der Waals surface area contributed by atoms with Crippen LogP contribution in [-0.4, -0.2) is 31.1 Å². The average Bonchev–Trinajstić information content (AvgIpc) is 2.66. The molecule has 0 aromatic heterocycles. The van der Waals surface area contributed by atoms with Gasteiger partial charge in [0.2, 0.25) is 5.91 Å². The Morgan fingerprint density at radius 3 is 2.36 bits per heavy atom. The number of hydrogen-bond donors (Lipinski definition) is 2.